The molecule has 0 saturated heterocycles. The van der Waals surface area contributed by atoms with E-state index in [2.05, 4.69) is 74.4 Å². The van der Waals surface area contributed by atoms with Crippen LogP contribution in [-0.4, -0.2) is 17.8 Å². The Bertz CT molecular complexity index is 557. The fourth-order valence-electron chi connectivity index (χ4n) is 3.85. The van der Waals surface area contributed by atoms with Crippen LogP contribution in [0.1, 0.15) is 81.4 Å². The van der Waals surface area contributed by atoms with Crippen LogP contribution in [0.3, 0.4) is 0 Å². The fraction of sp³-hybridized carbons (Fsp3) is 0.696. The summed E-state index contributed by atoms with van der Waals surface area (Å²) < 4.78 is 0. The molecule has 2 heteroatoms. The van der Waals surface area contributed by atoms with E-state index in [1.807, 2.05) is 0 Å². The lowest BCUT2D eigenvalue weighted by Gasteiger charge is -2.27. The van der Waals surface area contributed by atoms with Crippen LogP contribution >= 0.6 is 7.92 Å². The Labute approximate surface area is 157 Å². The number of hydrogen-bond donors (Lipinski definition) is 0. The van der Waals surface area contributed by atoms with Crippen molar-refractivity contribution in [1.29, 1.82) is 0 Å². The third kappa shape index (κ3) is 7.61. The average molecular weight is 363 g/mol. The summed E-state index contributed by atoms with van der Waals surface area (Å²) in [6, 6.07) is 4.32. The number of benzene rings is 1. The van der Waals surface area contributed by atoms with E-state index >= 15 is 0 Å². The minimum absolute atomic E-state index is 0.331. The molecule has 142 valence electrons. The van der Waals surface area contributed by atoms with Crippen molar-refractivity contribution in [2.75, 3.05) is 12.3 Å². The predicted octanol–water partition coefficient (Wildman–Crippen LogP) is 7.35. The van der Waals surface area contributed by atoms with Crippen molar-refractivity contribution in [3.05, 3.63) is 34.4 Å². The van der Waals surface area contributed by atoms with Crippen LogP contribution in [0.2, 0.25) is 0 Å². The van der Waals surface area contributed by atoms with Gasteiger partial charge in [-0.15, -0.1) is 0 Å². The Kier molecular flexibility index (Phi) is 8.33. The largest absolute Gasteiger partial charge is 0.289 e. The van der Waals surface area contributed by atoms with E-state index in [0.29, 0.717) is 22.8 Å². The molecular formula is C23H39OP. The molecule has 1 rings (SSSR count). The van der Waals surface area contributed by atoms with Gasteiger partial charge in [0.25, 0.3) is 0 Å². The number of aryl methyl sites for hydroxylation is 3. The second kappa shape index (κ2) is 9.31. The third-order valence-corrected chi connectivity index (χ3v) is 7.31. The van der Waals surface area contributed by atoms with Crippen molar-refractivity contribution >= 4 is 13.4 Å². The summed E-state index contributed by atoms with van der Waals surface area (Å²) in [7, 11) is -0.604. The van der Waals surface area contributed by atoms with Crippen LogP contribution in [0.25, 0.3) is 0 Å². The zero-order chi connectivity index (χ0) is 19.4. The van der Waals surface area contributed by atoms with Crippen LogP contribution in [0.15, 0.2) is 12.1 Å². The highest BCUT2D eigenvalue weighted by molar-refractivity contribution is 7.75. The maximum absolute atomic E-state index is 13.4. The average Bonchev–Trinajstić information content (AvgIpc) is 2.39. The quantitative estimate of drug-likeness (QED) is 0.442. The first-order chi connectivity index (χ1) is 11.4. The number of hydrogen-bond acceptors (Lipinski definition) is 1. The van der Waals surface area contributed by atoms with E-state index in [1.54, 1.807) is 0 Å². The Balaban J connectivity index is 3.04. The van der Waals surface area contributed by atoms with Gasteiger partial charge in [0.15, 0.2) is 5.52 Å². The molecule has 0 bridgehead atoms. The van der Waals surface area contributed by atoms with Gasteiger partial charge in [-0.05, 0) is 82.2 Å². The number of carbonyl (C=O) groups excluding carboxylic acids is 1. The molecule has 0 saturated carbocycles. The molecule has 0 aliphatic rings. The molecule has 0 spiro atoms. The Morgan fingerprint density at radius 2 is 1.56 bits per heavy atom. The first kappa shape index (κ1) is 22.4. The second-order valence-electron chi connectivity index (χ2n) is 9.58. The van der Waals surface area contributed by atoms with Crippen molar-refractivity contribution in [2.24, 2.45) is 17.3 Å². The summed E-state index contributed by atoms with van der Waals surface area (Å²) in [5.41, 5.74) is 5.33. The van der Waals surface area contributed by atoms with Crippen molar-refractivity contribution in [3.63, 3.8) is 0 Å². The van der Waals surface area contributed by atoms with Crippen LogP contribution in [0, 0.1) is 38.0 Å². The second-order valence-corrected chi connectivity index (χ2v) is 11.9. The summed E-state index contributed by atoms with van der Waals surface area (Å²) >= 11 is 0. The smallest absolute Gasteiger partial charge is 0.184 e. The van der Waals surface area contributed by atoms with Gasteiger partial charge in [-0.2, -0.15) is 0 Å². The molecular weight excluding hydrogens is 323 g/mol. The molecule has 0 N–H and O–H groups in total. The molecule has 1 aromatic rings. The summed E-state index contributed by atoms with van der Waals surface area (Å²) in [4.78, 5) is 13.4. The van der Waals surface area contributed by atoms with Crippen LogP contribution in [0.4, 0.5) is 0 Å². The summed E-state index contributed by atoms with van der Waals surface area (Å²) in [5, 5.41) is 0. The lowest BCUT2D eigenvalue weighted by Crippen LogP contribution is -2.17. The van der Waals surface area contributed by atoms with Crippen LogP contribution in [-0.2, 0) is 0 Å². The fourth-order valence-corrected chi connectivity index (χ4v) is 6.78. The standard InChI is InChI=1S/C23H39OP/c1-16(2)10-11-25(15-18(4)14-23(7,8)9)22(24)21-19(5)12-17(3)13-20(21)6/h12-13,16,18H,10-11,14-15H2,1-9H3. The molecule has 0 aliphatic heterocycles. The first-order valence-electron chi connectivity index (χ1n) is 9.78. The van der Waals surface area contributed by atoms with Gasteiger partial charge in [-0.1, -0.05) is 59.2 Å². The molecule has 0 aromatic heterocycles. The van der Waals surface area contributed by atoms with Gasteiger partial charge in [-0.25, -0.2) is 0 Å². The van der Waals surface area contributed by atoms with E-state index in [0.717, 1.165) is 35.4 Å². The van der Waals surface area contributed by atoms with Gasteiger partial charge in [0.2, 0.25) is 0 Å². The molecule has 1 nitrogen and oxygen atoms in total. The molecule has 0 radical (unpaired) electrons. The number of rotatable bonds is 8. The number of carbonyl (C=O) groups is 1. The van der Waals surface area contributed by atoms with E-state index in [4.69, 9.17) is 0 Å². The van der Waals surface area contributed by atoms with Gasteiger partial charge in [0, 0.05) is 5.56 Å². The van der Waals surface area contributed by atoms with Gasteiger partial charge in [0.1, 0.15) is 0 Å². The van der Waals surface area contributed by atoms with Gasteiger partial charge in [-0.3, -0.25) is 4.79 Å². The maximum Gasteiger partial charge on any atom is 0.184 e. The zero-order valence-electron chi connectivity index (χ0n) is 18.0. The van der Waals surface area contributed by atoms with Gasteiger partial charge < -0.3 is 0 Å². The third-order valence-electron chi connectivity index (χ3n) is 4.65. The molecule has 0 heterocycles. The lowest BCUT2D eigenvalue weighted by atomic mass is 9.86. The molecule has 2 atom stereocenters. The SMILES string of the molecule is Cc1cc(C)c(C(=O)P(CCC(C)C)CC(C)CC(C)(C)C)c(C)c1. The topological polar surface area (TPSA) is 17.1 Å². The van der Waals surface area contributed by atoms with E-state index in [9.17, 15) is 4.79 Å². The minimum atomic E-state index is -0.604. The molecule has 0 aliphatic carbocycles. The van der Waals surface area contributed by atoms with Crippen LogP contribution in [0.5, 0.6) is 0 Å². The summed E-state index contributed by atoms with van der Waals surface area (Å²) in [6.07, 6.45) is 4.49. The summed E-state index contributed by atoms with van der Waals surface area (Å²) in [6.45, 7) is 20.1. The van der Waals surface area contributed by atoms with Crippen molar-refractivity contribution in [3.8, 4) is 0 Å². The van der Waals surface area contributed by atoms with Gasteiger partial charge >= 0.3 is 0 Å². The van der Waals surface area contributed by atoms with Crippen molar-refractivity contribution < 1.29 is 4.79 Å². The van der Waals surface area contributed by atoms with E-state index < -0.39 is 7.92 Å². The Morgan fingerprint density at radius 1 is 1.04 bits per heavy atom. The molecule has 0 fully saturated rings. The van der Waals surface area contributed by atoms with Crippen molar-refractivity contribution in [2.45, 2.75) is 75.2 Å². The highest BCUT2D eigenvalue weighted by atomic mass is 31.1. The first-order valence-corrected chi connectivity index (χ1v) is 11.5. The zero-order valence-corrected chi connectivity index (χ0v) is 18.9. The Morgan fingerprint density at radius 3 is 2.00 bits per heavy atom. The Hall–Kier alpha value is -0.680. The van der Waals surface area contributed by atoms with Gasteiger partial charge in [0.05, 0.1) is 0 Å². The highest BCUT2D eigenvalue weighted by Crippen LogP contribution is 2.45. The van der Waals surface area contributed by atoms with E-state index in [1.165, 1.54) is 12.0 Å². The molecule has 0 amide bonds. The van der Waals surface area contributed by atoms with Crippen molar-refractivity contribution in [1.82, 2.24) is 0 Å². The summed E-state index contributed by atoms with van der Waals surface area (Å²) in [5.74, 6) is 1.27. The lowest BCUT2D eigenvalue weighted by molar-refractivity contribution is 0.108. The highest BCUT2D eigenvalue weighted by Gasteiger charge is 2.26. The van der Waals surface area contributed by atoms with E-state index in [-0.39, 0.29) is 0 Å². The van der Waals surface area contributed by atoms with Crippen LogP contribution < -0.4 is 0 Å². The molecule has 2 unspecified atom stereocenters. The maximum atomic E-state index is 13.4. The molecule has 1 aromatic carbocycles. The monoisotopic (exact) mass is 362 g/mol. The minimum Gasteiger partial charge on any atom is -0.289 e. The normalized spacial score (nSPS) is 14.6. The predicted molar refractivity (Wildman–Crippen MR) is 114 cm³/mol. The molecule has 25 heavy (non-hydrogen) atoms.